The number of quaternary nitrogens is 1. The van der Waals surface area contributed by atoms with E-state index in [1.807, 2.05) is 6.07 Å². The third-order valence-corrected chi connectivity index (χ3v) is 5.33. The van der Waals surface area contributed by atoms with E-state index in [-0.39, 0.29) is 22.2 Å². The van der Waals surface area contributed by atoms with Gasteiger partial charge in [-0.3, -0.25) is 0 Å². The molecular formula is C20H19N2O5S+. The molecule has 1 N–H and O–H groups in total. The van der Waals surface area contributed by atoms with E-state index in [9.17, 15) is 18.4 Å². The van der Waals surface area contributed by atoms with Crippen LogP contribution in [-0.4, -0.2) is 37.8 Å². The predicted molar refractivity (Wildman–Crippen MR) is 105 cm³/mol. The number of hydrogen-bond donors (Lipinski definition) is 1. The van der Waals surface area contributed by atoms with Crippen molar-refractivity contribution in [3.05, 3.63) is 67.3 Å². The maximum absolute atomic E-state index is 12.3. The van der Waals surface area contributed by atoms with Crippen molar-refractivity contribution in [1.82, 2.24) is 9.63 Å². The van der Waals surface area contributed by atoms with Crippen molar-refractivity contribution in [3.63, 3.8) is 0 Å². The summed E-state index contributed by atoms with van der Waals surface area (Å²) in [6, 6.07) is 15.0. The first-order valence-electron chi connectivity index (χ1n) is 8.28. The molecule has 3 rings (SSSR count). The molecule has 0 aliphatic carbocycles. The Bertz CT molecular complexity index is 1150. The van der Waals surface area contributed by atoms with Crippen molar-refractivity contribution in [3.8, 4) is 22.6 Å². The van der Waals surface area contributed by atoms with Crippen LogP contribution < -0.4 is 4.65 Å². The van der Waals surface area contributed by atoms with Crippen LogP contribution in [0.4, 0.5) is 6.01 Å². The number of hydroxylamine groups is 2. The Labute approximate surface area is 162 Å². The lowest BCUT2D eigenvalue weighted by Gasteiger charge is -2.14. The zero-order valence-corrected chi connectivity index (χ0v) is 16.2. The molecule has 0 fully saturated rings. The molecule has 1 amide bonds. The van der Waals surface area contributed by atoms with Gasteiger partial charge in [0.25, 0.3) is 0 Å². The van der Waals surface area contributed by atoms with Gasteiger partial charge in [0.1, 0.15) is 12.7 Å². The molecule has 3 aromatic rings. The topological polar surface area (TPSA) is 97.5 Å². The standard InChI is InChI=1S/C20H19N2O5S/c1-4-17(23)22(2,24)20-21-18(14-10-6-5-7-11-14)19(27-20)15-12-8-9-13-16(15)28(3,25)26/h4-13,24H,1H2,2-3H3/q+1. The van der Waals surface area contributed by atoms with E-state index in [1.165, 1.54) is 13.1 Å². The van der Waals surface area contributed by atoms with Crippen LogP contribution >= 0.6 is 0 Å². The molecule has 144 valence electrons. The summed E-state index contributed by atoms with van der Waals surface area (Å²) in [6.45, 7) is 3.37. The number of likely N-dealkylation sites (N-methyl/N-ethyl adjacent to an activating group) is 1. The maximum atomic E-state index is 12.3. The Balaban J connectivity index is 2.33. The molecule has 0 saturated heterocycles. The highest BCUT2D eigenvalue weighted by Crippen LogP contribution is 2.39. The second-order valence-electron chi connectivity index (χ2n) is 6.31. The van der Waals surface area contributed by atoms with E-state index in [4.69, 9.17) is 4.42 Å². The molecule has 0 bridgehead atoms. The third-order valence-electron chi connectivity index (χ3n) is 4.17. The van der Waals surface area contributed by atoms with Crippen molar-refractivity contribution >= 4 is 21.8 Å². The number of nitrogens with zero attached hydrogens (tertiary/aromatic N) is 2. The summed E-state index contributed by atoms with van der Waals surface area (Å²) in [5, 5.41) is 10.6. The predicted octanol–water partition coefficient (Wildman–Crippen LogP) is 3.45. The van der Waals surface area contributed by atoms with Crippen molar-refractivity contribution in [2.75, 3.05) is 13.3 Å². The second-order valence-corrected chi connectivity index (χ2v) is 8.29. The average molecular weight is 399 g/mol. The highest BCUT2D eigenvalue weighted by Gasteiger charge is 2.39. The summed E-state index contributed by atoms with van der Waals surface area (Å²) in [5.41, 5.74) is 1.23. The van der Waals surface area contributed by atoms with Gasteiger partial charge in [-0.1, -0.05) is 49.0 Å². The highest BCUT2D eigenvalue weighted by atomic mass is 32.2. The minimum absolute atomic E-state index is 0.0528. The monoisotopic (exact) mass is 399 g/mol. The number of rotatable bonds is 5. The van der Waals surface area contributed by atoms with E-state index in [0.717, 1.165) is 12.3 Å². The van der Waals surface area contributed by atoms with E-state index in [2.05, 4.69) is 11.6 Å². The average Bonchev–Trinajstić information content (AvgIpc) is 3.13. The third kappa shape index (κ3) is 3.53. The highest BCUT2D eigenvalue weighted by molar-refractivity contribution is 7.90. The van der Waals surface area contributed by atoms with E-state index in [0.29, 0.717) is 11.3 Å². The molecule has 1 atom stereocenters. The molecule has 0 aliphatic rings. The first-order chi connectivity index (χ1) is 13.2. The molecule has 7 nitrogen and oxygen atoms in total. The largest absolute Gasteiger partial charge is 0.446 e. The van der Waals surface area contributed by atoms with Gasteiger partial charge in [0.15, 0.2) is 15.6 Å². The van der Waals surface area contributed by atoms with Crippen molar-refractivity contribution in [1.29, 1.82) is 0 Å². The minimum atomic E-state index is -3.57. The molecule has 0 radical (unpaired) electrons. The second kappa shape index (κ2) is 7.16. The molecule has 1 unspecified atom stereocenters. The SMILES string of the molecule is C=CC(=O)[N+](C)(O)c1nc(-c2ccccc2)c(-c2ccccc2S(C)(=O)=O)o1. The van der Waals surface area contributed by atoms with Crippen LogP contribution in [0, 0.1) is 0 Å². The first kappa shape index (κ1) is 19.7. The number of carbonyl (C=O) groups excluding carboxylic acids is 1. The molecule has 0 saturated carbocycles. The first-order valence-corrected chi connectivity index (χ1v) is 10.2. The van der Waals surface area contributed by atoms with Crippen molar-refractivity contribution in [2.24, 2.45) is 0 Å². The van der Waals surface area contributed by atoms with Crippen LogP contribution in [0.15, 0.2) is 76.6 Å². The van der Waals surface area contributed by atoms with Gasteiger partial charge in [0.2, 0.25) is 0 Å². The summed E-state index contributed by atoms with van der Waals surface area (Å²) >= 11 is 0. The number of aromatic nitrogens is 1. The molecule has 1 aromatic heterocycles. The lowest BCUT2D eigenvalue weighted by Crippen LogP contribution is -2.46. The molecule has 2 aromatic carbocycles. The Morgan fingerprint density at radius 2 is 1.75 bits per heavy atom. The van der Waals surface area contributed by atoms with Gasteiger partial charge in [0.05, 0.1) is 4.90 Å². The molecule has 0 aliphatic heterocycles. The lowest BCUT2D eigenvalue weighted by molar-refractivity contribution is -0.153. The van der Waals surface area contributed by atoms with Gasteiger partial charge in [0, 0.05) is 23.5 Å². The van der Waals surface area contributed by atoms with Crippen LogP contribution in [0.1, 0.15) is 0 Å². The Kier molecular flexibility index (Phi) is 5.03. The number of carbonyl (C=O) groups is 1. The number of amides is 1. The minimum Gasteiger partial charge on any atom is -0.392 e. The normalized spacial score (nSPS) is 13.7. The van der Waals surface area contributed by atoms with Crippen LogP contribution in [0.2, 0.25) is 0 Å². The number of sulfone groups is 1. The van der Waals surface area contributed by atoms with Crippen LogP contribution in [0.5, 0.6) is 0 Å². The van der Waals surface area contributed by atoms with Crippen molar-refractivity contribution in [2.45, 2.75) is 4.90 Å². The van der Waals surface area contributed by atoms with Crippen molar-refractivity contribution < 1.29 is 22.8 Å². The van der Waals surface area contributed by atoms with Gasteiger partial charge in [-0.2, -0.15) is 10.2 Å². The fraction of sp³-hybridized carbons (Fsp3) is 0.100. The van der Waals surface area contributed by atoms with E-state index >= 15 is 0 Å². The summed E-state index contributed by atoms with van der Waals surface area (Å²) in [7, 11) is -2.37. The smallest absolute Gasteiger partial charge is 0.392 e. The van der Waals surface area contributed by atoms with Gasteiger partial charge < -0.3 is 4.42 Å². The van der Waals surface area contributed by atoms with Gasteiger partial charge >= 0.3 is 11.9 Å². The van der Waals surface area contributed by atoms with E-state index in [1.54, 1.807) is 42.5 Å². The summed E-state index contributed by atoms with van der Waals surface area (Å²) in [4.78, 5) is 16.4. The zero-order valence-electron chi connectivity index (χ0n) is 15.4. The molecule has 0 spiro atoms. The number of oxazole rings is 1. The van der Waals surface area contributed by atoms with Crippen LogP contribution in [-0.2, 0) is 14.6 Å². The maximum Gasteiger partial charge on any atom is 0.446 e. The number of benzene rings is 2. The lowest BCUT2D eigenvalue weighted by atomic mass is 10.1. The molecule has 1 heterocycles. The van der Waals surface area contributed by atoms with Crippen LogP contribution in [0.3, 0.4) is 0 Å². The number of hydrogen-bond acceptors (Lipinski definition) is 6. The Morgan fingerprint density at radius 3 is 2.36 bits per heavy atom. The summed E-state index contributed by atoms with van der Waals surface area (Å²) in [5.74, 6) is -0.610. The summed E-state index contributed by atoms with van der Waals surface area (Å²) in [6.07, 6.45) is 2.05. The van der Waals surface area contributed by atoms with E-state index < -0.39 is 20.4 Å². The van der Waals surface area contributed by atoms with Gasteiger partial charge in [-0.05, 0) is 16.8 Å². The van der Waals surface area contributed by atoms with Gasteiger partial charge in [-0.25, -0.2) is 13.2 Å². The quantitative estimate of drug-likeness (QED) is 0.305. The molecular weight excluding hydrogens is 380 g/mol. The Morgan fingerprint density at radius 1 is 1.14 bits per heavy atom. The Hall–Kier alpha value is -3.07. The fourth-order valence-corrected chi connectivity index (χ4v) is 3.60. The van der Waals surface area contributed by atoms with Crippen LogP contribution in [0.25, 0.3) is 22.6 Å². The van der Waals surface area contributed by atoms with Gasteiger partial charge in [-0.15, -0.1) is 0 Å². The molecule has 8 heteroatoms. The summed E-state index contributed by atoms with van der Waals surface area (Å²) < 4.78 is 29.0. The zero-order chi connectivity index (χ0) is 20.5. The fourth-order valence-electron chi connectivity index (χ4n) is 2.72. The molecule has 28 heavy (non-hydrogen) atoms.